The SMILES string of the molecule is CCCn1cc(CC)n(Cc2ccc(-c3ccccc3-c3nn[nH]n3)cc2)c1=O. The van der Waals surface area contributed by atoms with Gasteiger partial charge in [0.1, 0.15) is 0 Å². The number of nitrogens with zero attached hydrogens (tertiary/aromatic N) is 5. The minimum atomic E-state index is 0.0650. The first-order chi connectivity index (χ1) is 14.2. The van der Waals surface area contributed by atoms with Gasteiger partial charge in [0.2, 0.25) is 5.82 Å². The number of aryl methyl sites for hydroxylation is 2. The zero-order valence-electron chi connectivity index (χ0n) is 16.7. The van der Waals surface area contributed by atoms with Crippen LogP contribution in [0.15, 0.2) is 59.5 Å². The number of imidazole rings is 1. The number of nitrogens with one attached hydrogen (secondary N) is 1. The molecule has 0 aliphatic rings. The molecule has 7 heteroatoms. The van der Waals surface area contributed by atoms with Crippen LogP contribution in [0, 0.1) is 0 Å². The summed E-state index contributed by atoms with van der Waals surface area (Å²) in [4.78, 5) is 12.7. The van der Waals surface area contributed by atoms with E-state index in [1.54, 1.807) is 0 Å². The Kier molecular flexibility index (Phi) is 5.37. The molecule has 0 saturated carbocycles. The van der Waals surface area contributed by atoms with Crippen LogP contribution < -0.4 is 5.69 Å². The van der Waals surface area contributed by atoms with Crippen LogP contribution in [0.4, 0.5) is 0 Å². The molecule has 0 amide bonds. The Morgan fingerprint density at radius 2 is 1.76 bits per heavy atom. The average molecular weight is 388 g/mol. The van der Waals surface area contributed by atoms with Crippen molar-refractivity contribution in [1.29, 1.82) is 0 Å². The van der Waals surface area contributed by atoms with Gasteiger partial charge in [0.25, 0.3) is 0 Å². The predicted octanol–water partition coefficient (Wildman–Crippen LogP) is 3.52. The Bertz CT molecular complexity index is 1140. The van der Waals surface area contributed by atoms with Crippen molar-refractivity contribution in [1.82, 2.24) is 29.8 Å². The van der Waals surface area contributed by atoms with Crippen LogP contribution in [0.5, 0.6) is 0 Å². The molecule has 0 unspecified atom stereocenters. The highest BCUT2D eigenvalue weighted by Gasteiger charge is 2.12. The summed E-state index contributed by atoms with van der Waals surface area (Å²) < 4.78 is 3.69. The van der Waals surface area contributed by atoms with Gasteiger partial charge in [-0.1, -0.05) is 62.4 Å². The third kappa shape index (κ3) is 3.76. The van der Waals surface area contributed by atoms with Gasteiger partial charge in [-0.2, -0.15) is 5.21 Å². The predicted molar refractivity (Wildman–Crippen MR) is 113 cm³/mol. The summed E-state index contributed by atoms with van der Waals surface area (Å²) >= 11 is 0. The number of hydrogen-bond donors (Lipinski definition) is 1. The molecule has 0 saturated heterocycles. The van der Waals surface area contributed by atoms with E-state index in [4.69, 9.17) is 0 Å². The Morgan fingerprint density at radius 1 is 1.00 bits per heavy atom. The second-order valence-corrected chi connectivity index (χ2v) is 7.01. The van der Waals surface area contributed by atoms with E-state index < -0.39 is 0 Å². The van der Waals surface area contributed by atoms with E-state index in [0.717, 1.165) is 47.3 Å². The van der Waals surface area contributed by atoms with Gasteiger partial charge in [0.15, 0.2) is 0 Å². The smallest absolute Gasteiger partial charge is 0.299 e. The molecule has 148 valence electrons. The number of H-pyrrole nitrogens is 1. The van der Waals surface area contributed by atoms with E-state index in [-0.39, 0.29) is 5.69 Å². The lowest BCUT2D eigenvalue weighted by molar-refractivity contribution is 0.620. The lowest BCUT2D eigenvalue weighted by Crippen LogP contribution is -2.25. The summed E-state index contributed by atoms with van der Waals surface area (Å²) in [6.07, 6.45) is 3.77. The molecule has 1 N–H and O–H groups in total. The molecule has 2 heterocycles. The zero-order valence-corrected chi connectivity index (χ0v) is 16.7. The fourth-order valence-corrected chi connectivity index (χ4v) is 3.61. The highest BCUT2D eigenvalue weighted by molar-refractivity contribution is 5.80. The second-order valence-electron chi connectivity index (χ2n) is 7.01. The Hall–Kier alpha value is -3.48. The van der Waals surface area contributed by atoms with Gasteiger partial charge >= 0.3 is 5.69 Å². The number of aromatic nitrogens is 6. The van der Waals surface area contributed by atoms with Crippen LogP contribution in [-0.4, -0.2) is 29.8 Å². The zero-order chi connectivity index (χ0) is 20.2. The first-order valence-corrected chi connectivity index (χ1v) is 9.92. The van der Waals surface area contributed by atoms with E-state index in [2.05, 4.69) is 58.7 Å². The van der Waals surface area contributed by atoms with Crippen LogP contribution in [0.25, 0.3) is 22.5 Å². The molecule has 7 nitrogen and oxygen atoms in total. The lowest BCUT2D eigenvalue weighted by Gasteiger charge is -2.09. The molecule has 0 fully saturated rings. The maximum atomic E-state index is 12.7. The van der Waals surface area contributed by atoms with E-state index >= 15 is 0 Å². The third-order valence-corrected chi connectivity index (χ3v) is 5.07. The molecule has 0 bridgehead atoms. The first-order valence-electron chi connectivity index (χ1n) is 9.92. The van der Waals surface area contributed by atoms with Crippen molar-refractivity contribution in [3.8, 4) is 22.5 Å². The van der Waals surface area contributed by atoms with Crippen LogP contribution in [0.3, 0.4) is 0 Å². The molecule has 0 aliphatic carbocycles. The molecule has 2 aromatic heterocycles. The molecular weight excluding hydrogens is 364 g/mol. The van der Waals surface area contributed by atoms with Gasteiger partial charge in [-0.05, 0) is 34.7 Å². The van der Waals surface area contributed by atoms with Crippen LogP contribution in [0.1, 0.15) is 31.5 Å². The molecule has 4 aromatic rings. The largest absolute Gasteiger partial charge is 0.328 e. The summed E-state index contributed by atoms with van der Waals surface area (Å²) in [6, 6.07) is 16.3. The number of benzene rings is 2. The van der Waals surface area contributed by atoms with Crippen molar-refractivity contribution in [3.05, 3.63) is 76.5 Å². The van der Waals surface area contributed by atoms with Crippen molar-refractivity contribution >= 4 is 0 Å². The standard InChI is InChI=1S/C22H24N6O/c1-3-13-27-15-18(4-2)28(22(27)29)14-16-9-11-17(12-10-16)19-7-5-6-8-20(19)21-23-25-26-24-21/h5-12,15H,3-4,13-14H2,1-2H3,(H,23,24,25,26). The van der Waals surface area contributed by atoms with E-state index in [1.165, 1.54) is 0 Å². The molecule has 0 aliphatic heterocycles. The minimum Gasteiger partial charge on any atom is -0.299 e. The van der Waals surface area contributed by atoms with Gasteiger partial charge in [-0.15, -0.1) is 10.2 Å². The van der Waals surface area contributed by atoms with Crippen molar-refractivity contribution in [2.45, 2.75) is 39.8 Å². The van der Waals surface area contributed by atoms with Crippen LogP contribution in [0.2, 0.25) is 0 Å². The third-order valence-electron chi connectivity index (χ3n) is 5.07. The van der Waals surface area contributed by atoms with Crippen molar-refractivity contribution in [3.63, 3.8) is 0 Å². The highest BCUT2D eigenvalue weighted by Crippen LogP contribution is 2.29. The quantitative estimate of drug-likeness (QED) is 0.525. The summed E-state index contributed by atoms with van der Waals surface area (Å²) in [5.41, 5.74) is 5.26. The number of hydrogen-bond acceptors (Lipinski definition) is 4. The number of aromatic amines is 1. The molecule has 0 radical (unpaired) electrons. The topological polar surface area (TPSA) is 81.4 Å². The normalized spacial score (nSPS) is 11.1. The average Bonchev–Trinajstić information content (AvgIpc) is 3.39. The molecule has 0 atom stereocenters. The summed E-state index contributed by atoms with van der Waals surface area (Å²) in [5, 5.41) is 14.4. The lowest BCUT2D eigenvalue weighted by atomic mass is 9.98. The fourth-order valence-electron chi connectivity index (χ4n) is 3.61. The van der Waals surface area contributed by atoms with Gasteiger partial charge < -0.3 is 0 Å². The molecule has 0 spiro atoms. The van der Waals surface area contributed by atoms with Crippen molar-refractivity contribution in [2.75, 3.05) is 0 Å². The highest BCUT2D eigenvalue weighted by atomic mass is 16.1. The molecule has 4 rings (SSSR count). The van der Waals surface area contributed by atoms with Gasteiger partial charge in [0, 0.05) is 24.0 Å². The maximum Gasteiger partial charge on any atom is 0.328 e. The Morgan fingerprint density at radius 3 is 2.41 bits per heavy atom. The Balaban J connectivity index is 1.63. The summed E-state index contributed by atoms with van der Waals surface area (Å²) in [6.45, 7) is 5.50. The molecule has 29 heavy (non-hydrogen) atoms. The first kappa shape index (κ1) is 18.9. The number of tetrazole rings is 1. The van der Waals surface area contributed by atoms with E-state index in [1.807, 2.05) is 39.6 Å². The van der Waals surface area contributed by atoms with Gasteiger partial charge in [0.05, 0.1) is 6.54 Å². The minimum absolute atomic E-state index is 0.0650. The monoisotopic (exact) mass is 388 g/mol. The Labute approximate surface area is 169 Å². The van der Waals surface area contributed by atoms with Crippen LogP contribution in [-0.2, 0) is 19.5 Å². The van der Waals surface area contributed by atoms with Crippen molar-refractivity contribution in [2.24, 2.45) is 0 Å². The van der Waals surface area contributed by atoms with E-state index in [9.17, 15) is 4.79 Å². The van der Waals surface area contributed by atoms with Gasteiger partial charge in [-0.3, -0.25) is 9.13 Å². The molecule has 2 aromatic carbocycles. The molecular formula is C22H24N6O. The van der Waals surface area contributed by atoms with E-state index in [0.29, 0.717) is 12.4 Å². The summed E-state index contributed by atoms with van der Waals surface area (Å²) in [5.74, 6) is 0.570. The van der Waals surface area contributed by atoms with Crippen molar-refractivity contribution < 1.29 is 0 Å². The number of rotatable bonds is 7. The maximum absolute atomic E-state index is 12.7. The second kappa shape index (κ2) is 8.26. The van der Waals surface area contributed by atoms with Crippen LogP contribution >= 0.6 is 0 Å². The summed E-state index contributed by atoms with van der Waals surface area (Å²) in [7, 11) is 0. The fraction of sp³-hybridized carbons (Fsp3) is 0.273. The van der Waals surface area contributed by atoms with Gasteiger partial charge in [-0.25, -0.2) is 4.79 Å².